The average Bonchev–Trinajstić information content (AvgIpc) is 3.31. The monoisotopic (exact) mass is 367 g/mol. The summed E-state index contributed by atoms with van der Waals surface area (Å²) in [6, 6.07) is 13.8. The maximum Gasteiger partial charge on any atom is 0.321 e. The molecule has 0 unspecified atom stereocenters. The van der Waals surface area contributed by atoms with E-state index in [0.717, 1.165) is 30.5 Å². The second kappa shape index (κ2) is 7.39. The summed E-state index contributed by atoms with van der Waals surface area (Å²) in [4.78, 5) is 25.9. The van der Waals surface area contributed by atoms with Crippen molar-refractivity contribution in [1.29, 1.82) is 0 Å². The van der Waals surface area contributed by atoms with Gasteiger partial charge in [-0.05, 0) is 67.1 Å². The van der Waals surface area contributed by atoms with Gasteiger partial charge >= 0.3 is 6.03 Å². The van der Waals surface area contributed by atoms with Gasteiger partial charge in [0.05, 0.1) is 0 Å². The second-order valence-corrected chi connectivity index (χ2v) is 7.17. The van der Waals surface area contributed by atoms with E-state index in [1.807, 2.05) is 6.07 Å². The molecule has 1 aliphatic heterocycles. The number of halogens is 1. The van der Waals surface area contributed by atoms with Crippen LogP contribution in [0.25, 0.3) is 0 Å². The summed E-state index contributed by atoms with van der Waals surface area (Å²) in [6.07, 6.45) is 2.65. The topological polar surface area (TPSA) is 61.4 Å². The standard InChI is InChI=1S/C21H22FN3O2/c22-17-3-1-2-15(12-17)16-4-7-18(13-16)24-20(26)14-5-8-19(9-6-14)25-11-10-23-21(25)27/h1-3,5-6,8-9,12,16,18H,4,7,10-11,13H2,(H,23,27)(H,24,26)/t16-,18-/m0/s1. The van der Waals surface area contributed by atoms with E-state index in [0.29, 0.717) is 18.7 Å². The normalized spacial score (nSPS) is 22.0. The average molecular weight is 367 g/mol. The van der Waals surface area contributed by atoms with Gasteiger partial charge in [-0.15, -0.1) is 0 Å². The van der Waals surface area contributed by atoms with E-state index in [-0.39, 0.29) is 29.7 Å². The van der Waals surface area contributed by atoms with E-state index >= 15 is 0 Å². The SMILES string of the molecule is O=C(N[C@H]1CC[C@H](c2cccc(F)c2)C1)c1ccc(N2CCNC2=O)cc1. The van der Waals surface area contributed by atoms with Crippen LogP contribution in [0.4, 0.5) is 14.9 Å². The molecule has 0 aromatic heterocycles. The summed E-state index contributed by atoms with van der Waals surface area (Å²) in [7, 11) is 0. The predicted octanol–water partition coefficient (Wildman–Crippen LogP) is 3.42. The summed E-state index contributed by atoms with van der Waals surface area (Å²) < 4.78 is 13.4. The zero-order valence-corrected chi connectivity index (χ0v) is 15.0. The number of anilines is 1. The molecule has 2 aromatic rings. The van der Waals surface area contributed by atoms with Crippen molar-refractivity contribution in [2.75, 3.05) is 18.0 Å². The highest BCUT2D eigenvalue weighted by atomic mass is 19.1. The van der Waals surface area contributed by atoms with Crippen LogP contribution in [0, 0.1) is 5.82 Å². The minimum Gasteiger partial charge on any atom is -0.349 e. The predicted molar refractivity (Wildman–Crippen MR) is 101 cm³/mol. The zero-order valence-electron chi connectivity index (χ0n) is 15.0. The molecule has 140 valence electrons. The van der Waals surface area contributed by atoms with Gasteiger partial charge in [0.2, 0.25) is 0 Å². The second-order valence-electron chi connectivity index (χ2n) is 7.17. The molecular formula is C21H22FN3O2. The van der Waals surface area contributed by atoms with Crippen molar-refractivity contribution in [2.24, 2.45) is 0 Å². The molecule has 1 heterocycles. The highest BCUT2D eigenvalue weighted by Gasteiger charge is 2.27. The van der Waals surface area contributed by atoms with Gasteiger partial charge in [-0.2, -0.15) is 0 Å². The van der Waals surface area contributed by atoms with E-state index in [4.69, 9.17) is 0 Å². The Kier molecular flexibility index (Phi) is 4.79. The summed E-state index contributed by atoms with van der Waals surface area (Å²) in [5.41, 5.74) is 2.36. The first-order valence-electron chi connectivity index (χ1n) is 9.32. The molecule has 2 aliphatic rings. The minimum atomic E-state index is -0.216. The van der Waals surface area contributed by atoms with Crippen molar-refractivity contribution >= 4 is 17.6 Å². The quantitative estimate of drug-likeness (QED) is 0.870. The lowest BCUT2D eigenvalue weighted by atomic mass is 9.97. The Morgan fingerprint density at radius 1 is 1.15 bits per heavy atom. The summed E-state index contributed by atoms with van der Waals surface area (Å²) in [6.45, 7) is 1.27. The molecule has 2 fully saturated rings. The Bertz CT molecular complexity index is 853. The number of benzene rings is 2. The van der Waals surface area contributed by atoms with Crippen molar-refractivity contribution in [2.45, 2.75) is 31.2 Å². The van der Waals surface area contributed by atoms with E-state index in [1.54, 1.807) is 41.3 Å². The number of hydrogen-bond acceptors (Lipinski definition) is 2. The number of carbonyl (C=O) groups is 2. The van der Waals surface area contributed by atoms with Crippen LogP contribution in [-0.4, -0.2) is 31.1 Å². The smallest absolute Gasteiger partial charge is 0.321 e. The third-order valence-corrected chi connectivity index (χ3v) is 5.39. The number of nitrogens with one attached hydrogen (secondary N) is 2. The van der Waals surface area contributed by atoms with E-state index in [1.165, 1.54) is 6.07 Å². The van der Waals surface area contributed by atoms with Crippen LogP contribution in [0.2, 0.25) is 0 Å². The Morgan fingerprint density at radius 2 is 1.96 bits per heavy atom. The molecule has 3 amide bonds. The summed E-state index contributed by atoms with van der Waals surface area (Å²) in [5, 5.41) is 5.84. The largest absolute Gasteiger partial charge is 0.349 e. The Morgan fingerprint density at radius 3 is 2.67 bits per heavy atom. The summed E-state index contributed by atoms with van der Waals surface area (Å²) in [5.74, 6) is -0.0499. The van der Waals surface area contributed by atoms with Gasteiger partial charge in [-0.25, -0.2) is 9.18 Å². The van der Waals surface area contributed by atoms with Gasteiger partial charge in [0.15, 0.2) is 0 Å². The van der Waals surface area contributed by atoms with Gasteiger partial charge in [0.25, 0.3) is 5.91 Å². The Balaban J connectivity index is 1.36. The van der Waals surface area contributed by atoms with Crippen LogP contribution in [-0.2, 0) is 0 Å². The van der Waals surface area contributed by atoms with Crippen LogP contribution in [0.5, 0.6) is 0 Å². The maximum absolute atomic E-state index is 13.4. The van der Waals surface area contributed by atoms with Gasteiger partial charge in [0.1, 0.15) is 5.82 Å². The molecule has 5 nitrogen and oxygen atoms in total. The molecule has 6 heteroatoms. The van der Waals surface area contributed by atoms with E-state index < -0.39 is 0 Å². The fourth-order valence-corrected chi connectivity index (χ4v) is 3.96. The van der Waals surface area contributed by atoms with E-state index in [9.17, 15) is 14.0 Å². The lowest BCUT2D eigenvalue weighted by Crippen LogP contribution is -2.33. The first-order chi connectivity index (χ1) is 13.1. The summed E-state index contributed by atoms with van der Waals surface area (Å²) >= 11 is 0. The third-order valence-electron chi connectivity index (χ3n) is 5.39. The van der Waals surface area contributed by atoms with Crippen molar-refractivity contribution < 1.29 is 14.0 Å². The number of rotatable bonds is 4. The molecule has 0 spiro atoms. The number of amides is 3. The number of urea groups is 1. The number of carbonyl (C=O) groups excluding carboxylic acids is 2. The molecule has 4 rings (SSSR count). The molecule has 2 atom stereocenters. The highest BCUT2D eigenvalue weighted by Crippen LogP contribution is 2.34. The first-order valence-corrected chi connectivity index (χ1v) is 9.32. The maximum atomic E-state index is 13.4. The Hall–Kier alpha value is -2.89. The van der Waals surface area contributed by atoms with Crippen LogP contribution in [0.3, 0.4) is 0 Å². The Labute approximate surface area is 157 Å². The first kappa shape index (κ1) is 17.5. The lowest BCUT2D eigenvalue weighted by molar-refractivity contribution is 0.0937. The van der Waals surface area contributed by atoms with Crippen molar-refractivity contribution in [3.8, 4) is 0 Å². The van der Waals surface area contributed by atoms with Gasteiger partial charge in [-0.1, -0.05) is 12.1 Å². The number of nitrogens with zero attached hydrogens (tertiary/aromatic N) is 1. The number of hydrogen-bond donors (Lipinski definition) is 2. The third kappa shape index (κ3) is 3.79. The van der Waals surface area contributed by atoms with Gasteiger partial charge < -0.3 is 10.6 Å². The van der Waals surface area contributed by atoms with Crippen LogP contribution >= 0.6 is 0 Å². The molecule has 2 aromatic carbocycles. The van der Waals surface area contributed by atoms with Crippen LogP contribution in [0.1, 0.15) is 41.1 Å². The molecule has 0 radical (unpaired) electrons. The fraction of sp³-hybridized carbons (Fsp3) is 0.333. The van der Waals surface area contributed by atoms with Gasteiger partial charge in [-0.3, -0.25) is 9.69 Å². The van der Waals surface area contributed by atoms with Crippen molar-refractivity contribution in [3.63, 3.8) is 0 Å². The van der Waals surface area contributed by atoms with Crippen molar-refractivity contribution in [3.05, 3.63) is 65.5 Å². The zero-order chi connectivity index (χ0) is 18.8. The molecule has 27 heavy (non-hydrogen) atoms. The fourth-order valence-electron chi connectivity index (χ4n) is 3.96. The minimum absolute atomic E-state index is 0.0924. The van der Waals surface area contributed by atoms with Gasteiger partial charge in [0, 0.05) is 30.4 Å². The molecule has 1 aliphatic carbocycles. The molecular weight excluding hydrogens is 345 g/mol. The van der Waals surface area contributed by atoms with Crippen LogP contribution in [0.15, 0.2) is 48.5 Å². The molecule has 0 bridgehead atoms. The highest BCUT2D eigenvalue weighted by molar-refractivity contribution is 5.97. The van der Waals surface area contributed by atoms with E-state index in [2.05, 4.69) is 10.6 Å². The lowest BCUT2D eigenvalue weighted by Gasteiger charge is -2.16. The molecule has 1 saturated carbocycles. The molecule has 2 N–H and O–H groups in total. The van der Waals surface area contributed by atoms with Crippen LogP contribution < -0.4 is 15.5 Å². The molecule has 1 saturated heterocycles. The van der Waals surface area contributed by atoms with Crippen molar-refractivity contribution in [1.82, 2.24) is 10.6 Å².